The Morgan fingerprint density at radius 1 is 1.00 bits per heavy atom. The summed E-state index contributed by atoms with van der Waals surface area (Å²) in [6, 6.07) is 10.2. The Hall–Kier alpha value is -2.60. The second-order valence-electron chi connectivity index (χ2n) is 4.70. The van der Waals surface area contributed by atoms with Crippen LogP contribution in [0.2, 0.25) is 5.02 Å². The maximum atomic E-state index is 12.1. The van der Waals surface area contributed by atoms with Gasteiger partial charge in [-0.1, -0.05) is 17.7 Å². The summed E-state index contributed by atoms with van der Waals surface area (Å²) in [5.74, 6) is 1.69. The van der Waals surface area contributed by atoms with Crippen LogP contribution in [-0.4, -0.2) is 33.8 Å². The number of hydrogen-bond acceptors (Lipinski definition) is 5. The third-order valence-corrected chi connectivity index (χ3v) is 3.45. The van der Waals surface area contributed by atoms with E-state index in [1.807, 2.05) is 0 Å². The molecule has 0 aliphatic heterocycles. The number of methoxy groups -OCH3 is 3. The summed E-state index contributed by atoms with van der Waals surface area (Å²) < 4.78 is 20.9. The first-order valence-electron chi connectivity index (χ1n) is 7.05. The lowest BCUT2D eigenvalue weighted by Crippen LogP contribution is -2.20. The number of hydrogen-bond donors (Lipinski definition) is 1. The summed E-state index contributed by atoms with van der Waals surface area (Å²) in [5.41, 5.74) is 0.443. The molecule has 0 radical (unpaired) electrons. The first kappa shape index (κ1) is 17.7. The Bertz CT molecular complexity index is 720. The minimum atomic E-state index is -0.347. The lowest BCUT2D eigenvalue weighted by Gasteiger charge is -2.13. The number of halogens is 1. The summed E-state index contributed by atoms with van der Waals surface area (Å²) in [4.78, 5) is 12.1. The van der Waals surface area contributed by atoms with Gasteiger partial charge in [-0.25, -0.2) is 0 Å². The molecule has 0 saturated carbocycles. The highest BCUT2D eigenvalue weighted by molar-refractivity contribution is 6.32. The second-order valence-corrected chi connectivity index (χ2v) is 5.11. The maximum Gasteiger partial charge on any atom is 0.262 e. The molecule has 6 nitrogen and oxygen atoms in total. The van der Waals surface area contributed by atoms with E-state index in [0.717, 1.165) is 0 Å². The molecular formula is C17H18ClNO5. The van der Waals surface area contributed by atoms with Crippen LogP contribution in [0.5, 0.6) is 23.0 Å². The second kappa shape index (κ2) is 8.31. The Labute approximate surface area is 145 Å². The van der Waals surface area contributed by atoms with Crippen molar-refractivity contribution in [2.75, 3.05) is 33.3 Å². The molecular weight excluding hydrogens is 334 g/mol. The van der Waals surface area contributed by atoms with Gasteiger partial charge in [-0.05, 0) is 12.1 Å². The molecule has 2 rings (SSSR count). The predicted octanol–water partition coefficient (Wildman–Crippen LogP) is 3.38. The zero-order chi connectivity index (χ0) is 17.5. The molecule has 1 amide bonds. The van der Waals surface area contributed by atoms with Crippen LogP contribution in [0.4, 0.5) is 5.69 Å². The molecule has 0 aliphatic carbocycles. The van der Waals surface area contributed by atoms with E-state index in [1.165, 1.54) is 14.2 Å². The number of amides is 1. The number of anilines is 1. The Balaban J connectivity index is 2.04. The van der Waals surface area contributed by atoms with Crippen molar-refractivity contribution in [1.82, 2.24) is 0 Å². The summed E-state index contributed by atoms with van der Waals surface area (Å²) in [6.07, 6.45) is 0. The smallest absolute Gasteiger partial charge is 0.262 e. The minimum Gasteiger partial charge on any atom is -0.497 e. The molecule has 2 aromatic carbocycles. The molecule has 0 aromatic heterocycles. The first-order valence-corrected chi connectivity index (χ1v) is 7.43. The van der Waals surface area contributed by atoms with E-state index < -0.39 is 0 Å². The summed E-state index contributed by atoms with van der Waals surface area (Å²) in [6.45, 7) is -0.165. The van der Waals surface area contributed by atoms with Crippen molar-refractivity contribution in [2.45, 2.75) is 0 Å². The average molecular weight is 352 g/mol. The van der Waals surface area contributed by atoms with E-state index in [-0.39, 0.29) is 12.5 Å². The molecule has 0 heterocycles. The third-order valence-electron chi connectivity index (χ3n) is 3.16. The summed E-state index contributed by atoms with van der Waals surface area (Å²) >= 11 is 6.03. The molecule has 0 fully saturated rings. The third kappa shape index (κ3) is 4.45. The molecule has 0 atom stereocenters. The highest BCUT2D eigenvalue weighted by Crippen LogP contribution is 2.35. The van der Waals surface area contributed by atoms with Crippen molar-refractivity contribution in [3.8, 4) is 23.0 Å². The van der Waals surface area contributed by atoms with Gasteiger partial charge < -0.3 is 24.3 Å². The highest BCUT2D eigenvalue weighted by Gasteiger charge is 2.13. The van der Waals surface area contributed by atoms with Gasteiger partial charge in [0.1, 0.15) is 23.0 Å². The van der Waals surface area contributed by atoms with Crippen LogP contribution in [0.1, 0.15) is 0 Å². The Morgan fingerprint density at radius 2 is 1.71 bits per heavy atom. The van der Waals surface area contributed by atoms with Gasteiger partial charge in [0, 0.05) is 18.2 Å². The van der Waals surface area contributed by atoms with Crippen LogP contribution < -0.4 is 24.3 Å². The van der Waals surface area contributed by atoms with Crippen LogP contribution >= 0.6 is 11.6 Å². The van der Waals surface area contributed by atoms with Crippen molar-refractivity contribution in [3.05, 3.63) is 41.4 Å². The van der Waals surface area contributed by atoms with Gasteiger partial charge in [-0.2, -0.15) is 0 Å². The normalized spacial score (nSPS) is 10.0. The Kier molecular flexibility index (Phi) is 6.14. The van der Waals surface area contributed by atoms with E-state index in [9.17, 15) is 4.79 Å². The molecule has 128 valence electrons. The lowest BCUT2D eigenvalue weighted by atomic mass is 10.2. The zero-order valence-corrected chi connectivity index (χ0v) is 14.3. The van der Waals surface area contributed by atoms with Crippen LogP contribution in [0.15, 0.2) is 36.4 Å². The quantitative estimate of drug-likeness (QED) is 0.828. The Morgan fingerprint density at radius 3 is 2.38 bits per heavy atom. The fraction of sp³-hybridized carbons (Fsp3) is 0.235. The fourth-order valence-electron chi connectivity index (χ4n) is 1.98. The highest BCUT2D eigenvalue weighted by atomic mass is 35.5. The largest absolute Gasteiger partial charge is 0.497 e. The van der Waals surface area contributed by atoms with Gasteiger partial charge in [0.05, 0.1) is 32.0 Å². The molecule has 7 heteroatoms. The van der Waals surface area contributed by atoms with Crippen molar-refractivity contribution in [2.24, 2.45) is 0 Å². The molecule has 0 aliphatic rings. The van der Waals surface area contributed by atoms with Crippen molar-refractivity contribution in [1.29, 1.82) is 0 Å². The van der Waals surface area contributed by atoms with Crippen LogP contribution in [0.3, 0.4) is 0 Å². The number of carbonyl (C=O) groups excluding carboxylic acids is 1. The molecule has 0 spiro atoms. The topological polar surface area (TPSA) is 66.0 Å². The number of nitrogens with one attached hydrogen (secondary N) is 1. The average Bonchev–Trinajstić information content (AvgIpc) is 2.61. The SMILES string of the molecule is COc1cccc(OCC(=O)Nc2cc(OC)c(Cl)cc2OC)c1. The summed E-state index contributed by atoms with van der Waals surface area (Å²) in [7, 11) is 4.54. The molecule has 1 N–H and O–H groups in total. The predicted molar refractivity (Wildman–Crippen MR) is 91.7 cm³/mol. The van der Waals surface area contributed by atoms with Crippen LogP contribution in [0.25, 0.3) is 0 Å². The van der Waals surface area contributed by atoms with Gasteiger partial charge in [-0.15, -0.1) is 0 Å². The summed E-state index contributed by atoms with van der Waals surface area (Å²) in [5, 5.41) is 3.09. The van der Waals surface area contributed by atoms with E-state index >= 15 is 0 Å². The minimum absolute atomic E-state index is 0.165. The van der Waals surface area contributed by atoms with E-state index in [0.29, 0.717) is 33.7 Å². The monoisotopic (exact) mass is 351 g/mol. The van der Waals surface area contributed by atoms with Gasteiger partial charge in [0.15, 0.2) is 6.61 Å². The van der Waals surface area contributed by atoms with Gasteiger partial charge in [0.25, 0.3) is 5.91 Å². The molecule has 0 bridgehead atoms. The molecule has 24 heavy (non-hydrogen) atoms. The maximum absolute atomic E-state index is 12.1. The molecule has 0 saturated heterocycles. The number of rotatable bonds is 7. The van der Waals surface area contributed by atoms with Crippen molar-refractivity contribution < 1.29 is 23.7 Å². The number of benzene rings is 2. The van der Waals surface area contributed by atoms with Gasteiger partial charge in [-0.3, -0.25) is 4.79 Å². The number of ether oxygens (including phenoxy) is 4. The van der Waals surface area contributed by atoms with Crippen LogP contribution in [-0.2, 0) is 4.79 Å². The number of carbonyl (C=O) groups is 1. The van der Waals surface area contributed by atoms with E-state index in [1.54, 1.807) is 43.5 Å². The first-order chi connectivity index (χ1) is 11.6. The van der Waals surface area contributed by atoms with E-state index in [2.05, 4.69) is 5.32 Å². The van der Waals surface area contributed by atoms with Gasteiger partial charge in [0.2, 0.25) is 0 Å². The van der Waals surface area contributed by atoms with Crippen LogP contribution in [0, 0.1) is 0 Å². The van der Waals surface area contributed by atoms with Gasteiger partial charge >= 0.3 is 0 Å². The fourth-order valence-corrected chi connectivity index (χ4v) is 2.22. The molecule has 2 aromatic rings. The van der Waals surface area contributed by atoms with E-state index in [4.69, 9.17) is 30.5 Å². The van der Waals surface area contributed by atoms with Crippen molar-refractivity contribution >= 4 is 23.2 Å². The lowest BCUT2D eigenvalue weighted by molar-refractivity contribution is -0.118. The standard InChI is InChI=1S/C17H18ClNO5/c1-21-11-5-4-6-12(7-11)24-10-17(20)19-14-9-15(22-2)13(18)8-16(14)23-3/h4-9H,10H2,1-3H3,(H,19,20). The molecule has 0 unspecified atom stereocenters. The van der Waals surface area contributed by atoms with Crippen molar-refractivity contribution in [3.63, 3.8) is 0 Å². The zero-order valence-electron chi connectivity index (χ0n) is 13.6.